The Morgan fingerprint density at radius 2 is 1.63 bits per heavy atom. The molecule has 0 aliphatic rings. The number of benzene rings is 1. The van der Waals surface area contributed by atoms with Crippen LogP contribution in [0.15, 0.2) is 12.1 Å². The Bertz CT molecular complexity index is 381. The average Bonchev–Trinajstić information content (AvgIpc) is 2.30. The topological polar surface area (TPSA) is 32.3 Å². The summed E-state index contributed by atoms with van der Waals surface area (Å²) in [5.41, 5.74) is 5.89. The Labute approximate surface area is 118 Å². The molecule has 0 aliphatic carbocycles. The molecule has 0 unspecified atom stereocenters. The molecule has 0 atom stereocenters. The molecular formula is C17H29NO. The SMILES string of the molecule is Cc1cc(C(C)(C)C)cc(C)c1CCNCCCO. The maximum atomic E-state index is 8.74. The van der Waals surface area contributed by atoms with Crippen LogP contribution in [0.4, 0.5) is 0 Å². The second kappa shape index (κ2) is 7.06. The fourth-order valence-corrected chi connectivity index (χ4v) is 2.36. The Balaban J connectivity index is 2.70. The summed E-state index contributed by atoms with van der Waals surface area (Å²) in [6, 6.07) is 4.66. The molecule has 0 bridgehead atoms. The van der Waals surface area contributed by atoms with Gasteiger partial charge >= 0.3 is 0 Å². The minimum atomic E-state index is 0.216. The van der Waals surface area contributed by atoms with Crippen LogP contribution in [0.3, 0.4) is 0 Å². The van der Waals surface area contributed by atoms with Crippen molar-refractivity contribution < 1.29 is 5.11 Å². The fourth-order valence-electron chi connectivity index (χ4n) is 2.36. The quantitative estimate of drug-likeness (QED) is 0.773. The monoisotopic (exact) mass is 263 g/mol. The molecule has 0 saturated heterocycles. The summed E-state index contributed by atoms with van der Waals surface area (Å²) >= 11 is 0. The van der Waals surface area contributed by atoms with Gasteiger partial charge in [0, 0.05) is 6.61 Å². The molecule has 0 spiro atoms. The average molecular weight is 263 g/mol. The number of hydrogen-bond donors (Lipinski definition) is 2. The first-order chi connectivity index (χ1) is 8.86. The number of rotatable bonds is 6. The zero-order valence-electron chi connectivity index (χ0n) is 13.1. The molecule has 2 N–H and O–H groups in total. The minimum Gasteiger partial charge on any atom is -0.396 e. The van der Waals surface area contributed by atoms with Crippen molar-refractivity contribution in [2.24, 2.45) is 0 Å². The van der Waals surface area contributed by atoms with Gasteiger partial charge in [-0.25, -0.2) is 0 Å². The number of nitrogens with one attached hydrogen (secondary N) is 1. The first-order valence-electron chi connectivity index (χ1n) is 7.28. The normalized spacial score (nSPS) is 11.9. The lowest BCUT2D eigenvalue weighted by molar-refractivity contribution is 0.286. The lowest BCUT2D eigenvalue weighted by Crippen LogP contribution is -2.20. The van der Waals surface area contributed by atoms with E-state index in [4.69, 9.17) is 5.11 Å². The highest BCUT2D eigenvalue weighted by Crippen LogP contribution is 2.26. The van der Waals surface area contributed by atoms with E-state index in [2.05, 4.69) is 52.1 Å². The molecule has 0 fully saturated rings. The summed E-state index contributed by atoms with van der Waals surface area (Å²) in [5.74, 6) is 0. The zero-order valence-corrected chi connectivity index (χ0v) is 13.1. The van der Waals surface area contributed by atoms with Crippen molar-refractivity contribution in [3.8, 4) is 0 Å². The van der Waals surface area contributed by atoms with Crippen LogP contribution in [-0.4, -0.2) is 24.8 Å². The van der Waals surface area contributed by atoms with E-state index in [0.717, 1.165) is 25.9 Å². The van der Waals surface area contributed by atoms with Gasteiger partial charge in [-0.2, -0.15) is 0 Å². The molecule has 0 radical (unpaired) electrons. The Hall–Kier alpha value is -0.860. The van der Waals surface area contributed by atoms with Crippen LogP contribution in [0, 0.1) is 13.8 Å². The molecular weight excluding hydrogens is 234 g/mol. The maximum Gasteiger partial charge on any atom is 0.0443 e. The molecule has 2 nitrogen and oxygen atoms in total. The van der Waals surface area contributed by atoms with E-state index in [1.165, 1.54) is 22.3 Å². The van der Waals surface area contributed by atoms with E-state index in [1.807, 2.05) is 0 Å². The number of hydrogen-bond acceptors (Lipinski definition) is 2. The van der Waals surface area contributed by atoms with Crippen LogP contribution < -0.4 is 5.32 Å². The number of aryl methyl sites for hydroxylation is 2. The van der Waals surface area contributed by atoms with E-state index in [-0.39, 0.29) is 12.0 Å². The zero-order chi connectivity index (χ0) is 14.5. The fraction of sp³-hybridized carbons (Fsp3) is 0.647. The van der Waals surface area contributed by atoms with Gasteiger partial charge in [0.25, 0.3) is 0 Å². The summed E-state index contributed by atoms with van der Waals surface area (Å²) in [4.78, 5) is 0. The van der Waals surface area contributed by atoms with Gasteiger partial charge in [0.1, 0.15) is 0 Å². The van der Waals surface area contributed by atoms with Crippen molar-refractivity contribution in [3.63, 3.8) is 0 Å². The first kappa shape index (κ1) is 16.2. The Morgan fingerprint density at radius 3 is 2.11 bits per heavy atom. The van der Waals surface area contributed by atoms with Crippen molar-refractivity contribution >= 4 is 0 Å². The molecule has 1 rings (SSSR count). The third-order valence-electron chi connectivity index (χ3n) is 3.63. The molecule has 1 aromatic rings. The van der Waals surface area contributed by atoms with Gasteiger partial charge in [0.15, 0.2) is 0 Å². The summed E-state index contributed by atoms with van der Waals surface area (Å²) in [6.45, 7) is 13.4. The van der Waals surface area contributed by atoms with Crippen molar-refractivity contribution in [1.82, 2.24) is 5.32 Å². The van der Waals surface area contributed by atoms with Gasteiger partial charge in [0.05, 0.1) is 0 Å². The number of aliphatic hydroxyl groups is 1. The van der Waals surface area contributed by atoms with E-state index in [0.29, 0.717) is 0 Å². The molecule has 0 aliphatic heterocycles. The highest BCUT2D eigenvalue weighted by molar-refractivity contribution is 5.40. The summed E-state index contributed by atoms with van der Waals surface area (Å²) in [7, 11) is 0. The van der Waals surface area contributed by atoms with Crippen LogP contribution in [0.1, 0.15) is 49.4 Å². The largest absolute Gasteiger partial charge is 0.396 e. The van der Waals surface area contributed by atoms with Gasteiger partial charge in [-0.1, -0.05) is 32.9 Å². The second-order valence-corrected chi connectivity index (χ2v) is 6.42. The molecule has 2 heteroatoms. The minimum absolute atomic E-state index is 0.216. The molecule has 108 valence electrons. The van der Waals surface area contributed by atoms with Gasteiger partial charge in [-0.3, -0.25) is 0 Å². The van der Waals surface area contributed by atoms with E-state index in [1.54, 1.807) is 0 Å². The van der Waals surface area contributed by atoms with Crippen molar-refractivity contribution in [2.45, 2.75) is 52.9 Å². The van der Waals surface area contributed by atoms with E-state index < -0.39 is 0 Å². The maximum absolute atomic E-state index is 8.74. The molecule has 0 amide bonds. The van der Waals surface area contributed by atoms with Crippen molar-refractivity contribution in [2.75, 3.05) is 19.7 Å². The molecule has 0 saturated carbocycles. The predicted molar refractivity (Wildman–Crippen MR) is 82.9 cm³/mol. The van der Waals surface area contributed by atoms with E-state index in [9.17, 15) is 0 Å². The van der Waals surface area contributed by atoms with Crippen LogP contribution in [0.25, 0.3) is 0 Å². The Kier molecular flexibility index (Phi) is 6.02. The van der Waals surface area contributed by atoms with Gasteiger partial charge in [-0.05, 0) is 67.4 Å². The smallest absolute Gasteiger partial charge is 0.0443 e. The Morgan fingerprint density at radius 1 is 1.05 bits per heavy atom. The highest BCUT2D eigenvalue weighted by Gasteiger charge is 2.15. The third-order valence-corrected chi connectivity index (χ3v) is 3.63. The van der Waals surface area contributed by atoms with Gasteiger partial charge < -0.3 is 10.4 Å². The molecule has 0 heterocycles. The lowest BCUT2D eigenvalue weighted by atomic mass is 9.83. The first-order valence-corrected chi connectivity index (χ1v) is 7.28. The number of aliphatic hydroxyl groups excluding tert-OH is 1. The van der Waals surface area contributed by atoms with Crippen LogP contribution in [-0.2, 0) is 11.8 Å². The van der Waals surface area contributed by atoms with Crippen LogP contribution in [0.5, 0.6) is 0 Å². The lowest BCUT2D eigenvalue weighted by Gasteiger charge is -2.22. The van der Waals surface area contributed by atoms with Crippen molar-refractivity contribution in [1.29, 1.82) is 0 Å². The standard InChI is InChI=1S/C17H29NO/c1-13-11-15(17(3,4)5)12-14(2)16(13)7-9-18-8-6-10-19/h11-12,18-19H,6-10H2,1-5H3. The van der Waals surface area contributed by atoms with Gasteiger partial charge in [0.2, 0.25) is 0 Å². The third kappa shape index (κ3) is 4.96. The molecule has 1 aromatic carbocycles. The highest BCUT2D eigenvalue weighted by atomic mass is 16.3. The second-order valence-electron chi connectivity index (χ2n) is 6.42. The molecule has 0 aromatic heterocycles. The molecule has 19 heavy (non-hydrogen) atoms. The van der Waals surface area contributed by atoms with Gasteiger partial charge in [-0.15, -0.1) is 0 Å². The summed E-state index contributed by atoms with van der Waals surface area (Å²) < 4.78 is 0. The van der Waals surface area contributed by atoms with Crippen LogP contribution >= 0.6 is 0 Å². The van der Waals surface area contributed by atoms with Crippen LogP contribution in [0.2, 0.25) is 0 Å². The summed E-state index contributed by atoms with van der Waals surface area (Å²) in [5, 5.41) is 12.1. The van der Waals surface area contributed by atoms with E-state index >= 15 is 0 Å². The van der Waals surface area contributed by atoms with Crippen molar-refractivity contribution in [3.05, 3.63) is 34.4 Å². The predicted octanol–water partition coefficient (Wildman–Crippen LogP) is 3.12. The summed E-state index contributed by atoms with van der Waals surface area (Å²) in [6.07, 6.45) is 1.90.